The summed E-state index contributed by atoms with van der Waals surface area (Å²) in [7, 11) is 0. The first-order valence-electron chi connectivity index (χ1n) is 11.1. The van der Waals surface area contributed by atoms with E-state index < -0.39 is 22.8 Å². The number of nitrogens with one attached hydrogen (secondary N) is 1. The van der Waals surface area contributed by atoms with Gasteiger partial charge in [-0.1, -0.05) is 11.6 Å². The summed E-state index contributed by atoms with van der Waals surface area (Å²) in [6.07, 6.45) is 8.99. The molecule has 2 aliphatic rings. The Morgan fingerprint density at radius 2 is 2.09 bits per heavy atom. The molecule has 2 aromatic heterocycles. The van der Waals surface area contributed by atoms with Crippen molar-refractivity contribution in [1.82, 2.24) is 19.4 Å². The fourth-order valence-electron chi connectivity index (χ4n) is 4.55. The van der Waals surface area contributed by atoms with Crippen molar-refractivity contribution in [2.45, 2.75) is 44.3 Å². The highest BCUT2D eigenvalue weighted by Gasteiger charge is 2.32. The number of aromatic nitrogens is 3. The topological polar surface area (TPSA) is 109 Å². The van der Waals surface area contributed by atoms with E-state index >= 15 is 4.39 Å². The molecule has 0 spiro atoms. The molecule has 1 aliphatic carbocycles. The van der Waals surface area contributed by atoms with Crippen molar-refractivity contribution < 1.29 is 19.1 Å². The van der Waals surface area contributed by atoms with Gasteiger partial charge in [0.1, 0.15) is 11.4 Å². The average Bonchev–Trinajstić information content (AvgIpc) is 3.31. The third-order valence-corrected chi connectivity index (χ3v) is 6.74. The monoisotopic (exact) mass is 487 g/mol. The second-order valence-electron chi connectivity index (χ2n) is 8.78. The number of benzene rings is 1. The first-order chi connectivity index (χ1) is 16.3. The predicted molar refractivity (Wildman–Crippen MR) is 124 cm³/mol. The Morgan fingerprint density at radius 1 is 1.29 bits per heavy atom. The number of carboxylic acid groups (broad SMARTS) is 1. The first kappa shape index (κ1) is 22.4. The number of rotatable bonds is 7. The second kappa shape index (κ2) is 8.75. The molecule has 9 nitrogen and oxygen atoms in total. The number of imidazole rings is 1. The molecule has 3 aromatic rings. The number of hydrogen-bond acceptors (Lipinski definition) is 5. The van der Waals surface area contributed by atoms with Crippen LogP contribution in [0.5, 0.6) is 0 Å². The molecule has 1 saturated carbocycles. The molecular weight excluding hydrogens is 465 g/mol. The summed E-state index contributed by atoms with van der Waals surface area (Å²) in [4.78, 5) is 42.4. The van der Waals surface area contributed by atoms with Crippen LogP contribution < -0.4 is 15.6 Å². The van der Waals surface area contributed by atoms with Gasteiger partial charge in [0.15, 0.2) is 0 Å². The summed E-state index contributed by atoms with van der Waals surface area (Å²) in [5, 5.41) is 12.5. The van der Waals surface area contributed by atoms with E-state index in [0.717, 1.165) is 18.9 Å². The highest BCUT2D eigenvalue weighted by molar-refractivity contribution is 6.38. The highest BCUT2D eigenvalue weighted by atomic mass is 35.5. The number of anilines is 1. The van der Waals surface area contributed by atoms with Crippen LogP contribution in [-0.4, -0.2) is 50.2 Å². The molecule has 178 valence electrons. The van der Waals surface area contributed by atoms with Crippen LogP contribution in [0.3, 0.4) is 0 Å². The Morgan fingerprint density at radius 3 is 2.76 bits per heavy atom. The van der Waals surface area contributed by atoms with Gasteiger partial charge in [0.05, 0.1) is 27.9 Å². The van der Waals surface area contributed by atoms with Crippen LogP contribution in [0.2, 0.25) is 5.02 Å². The number of aromatic carboxylic acids is 1. The van der Waals surface area contributed by atoms with E-state index in [9.17, 15) is 19.5 Å². The van der Waals surface area contributed by atoms with Gasteiger partial charge in [0, 0.05) is 56.7 Å². The van der Waals surface area contributed by atoms with E-state index in [1.165, 1.54) is 6.20 Å². The van der Waals surface area contributed by atoms with Crippen molar-refractivity contribution in [2.75, 3.05) is 18.0 Å². The van der Waals surface area contributed by atoms with Crippen LogP contribution in [-0.2, 0) is 11.3 Å². The number of fused-ring (bicyclic) bond motifs is 1. The molecular formula is C23H23ClFN5O4. The Bertz CT molecular complexity index is 1340. The normalized spacial score (nSPS) is 17.9. The molecule has 34 heavy (non-hydrogen) atoms. The van der Waals surface area contributed by atoms with E-state index in [4.69, 9.17) is 11.6 Å². The summed E-state index contributed by atoms with van der Waals surface area (Å²) in [5.41, 5.74) is -0.636. The van der Waals surface area contributed by atoms with Gasteiger partial charge in [-0.2, -0.15) is 0 Å². The summed E-state index contributed by atoms with van der Waals surface area (Å²) in [6.45, 7) is 1.37. The van der Waals surface area contributed by atoms with Crippen molar-refractivity contribution in [3.8, 4) is 0 Å². The smallest absolute Gasteiger partial charge is 0.341 e. The van der Waals surface area contributed by atoms with Crippen molar-refractivity contribution in [3.63, 3.8) is 0 Å². The van der Waals surface area contributed by atoms with Gasteiger partial charge in [0.2, 0.25) is 11.3 Å². The van der Waals surface area contributed by atoms with Crippen LogP contribution in [0.1, 0.15) is 42.1 Å². The zero-order valence-corrected chi connectivity index (χ0v) is 19.0. The Kier molecular flexibility index (Phi) is 5.76. The lowest BCUT2D eigenvalue weighted by Crippen LogP contribution is -2.37. The number of pyridine rings is 1. The number of hydrogen-bond donors (Lipinski definition) is 2. The summed E-state index contributed by atoms with van der Waals surface area (Å²) >= 11 is 6.68. The van der Waals surface area contributed by atoms with Gasteiger partial charge >= 0.3 is 5.97 Å². The zero-order chi connectivity index (χ0) is 24.0. The lowest BCUT2D eigenvalue weighted by Gasteiger charge is -2.23. The van der Waals surface area contributed by atoms with Crippen molar-refractivity contribution >= 4 is 40.1 Å². The zero-order valence-electron chi connectivity index (χ0n) is 18.2. The Hall–Kier alpha value is -3.40. The number of aryl methyl sites for hydroxylation is 1. The second-order valence-corrected chi connectivity index (χ2v) is 9.16. The van der Waals surface area contributed by atoms with Crippen LogP contribution in [0, 0.1) is 5.82 Å². The molecule has 1 aliphatic heterocycles. The van der Waals surface area contributed by atoms with Crippen LogP contribution >= 0.6 is 11.6 Å². The fraction of sp³-hybridized carbons (Fsp3) is 0.391. The van der Waals surface area contributed by atoms with E-state index in [2.05, 4.69) is 10.3 Å². The quantitative estimate of drug-likeness (QED) is 0.530. The average molecular weight is 488 g/mol. The molecule has 11 heteroatoms. The lowest BCUT2D eigenvalue weighted by atomic mass is 10.1. The predicted octanol–water partition coefficient (Wildman–Crippen LogP) is 2.81. The maximum atomic E-state index is 15.2. The van der Waals surface area contributed by atoms with Gasteiger partial charge in [-0.15, -0.1) is 0 Å². The molecule has 3 heterocycles. The molecule has 1 amide bonds. The highest BCUT2D eigenvalue weighted by Crippen LogP contribution is 2.42. The molecule has 1 aromatic carbocycles. The SMILES string of the molecule is O=C(CCn1ccnc1)NC1CCN(c2c(F)cc3c(=O)c(C(=O)O)cn(C4CC4)c3c2Cl)C1. The van der Waals surface area contributed by atoms with Crippen molar-refractivity contribution in [1.29, 1.82) is 0 Å². The molecule has 5 rings (SSSR count). The fourth-order valence-corrected chi connectivity index (χ4v) is 4.95. The van der Waals surface area contributed by atoms with E-state index in [1.807, 2.05) is 4.57 Å². The Labute approximate surface area is 198 Å². The van der Waals surface area contributed by atoms with Crippen molar-refractivity contribution in [3.05, 3.63) is 57.6 Å². The number of carbonyl (C=O) groups is 2. The number of nitrogens with zero attached hydrogens (tertiary/aromatic N) is 4. The van der Waals surface area contributed by atoms with Crippen LogP contribution in [0.4, 0.5) is 10.1 Å². The third-order valence-electron chi connectivity index (χ3n) is 6.38. The molecule has 1 saturated heterocycles. The van der Waals surface area contributed by atoms with Gasteiger partial charge in [0.25, 0.3) is 0 Å². The maximum absolute atomic E-state index is 15.2. The van der Waals surface area contributed by atoms with Crippen LogP contribution in [0.25, 0.3) is 10.9 Å². The minimum Gasteiger partial charge on any atom is -0.477 e. The molecule has 2 N–H and O–H groups in total. The van der Waals surface area contributed by atoms with Gasteiger partial charge in [-0.05, 0) is 25.3 Å². The van der Waals surface area contributed by atoms with Gasteiger partial charge < -0.3 is 24.5 Å². The third kappa shape index (κ3) is 4.13. The minimum atomic E-state index is -1.35. The largest absolute Gasteiger partial charge is 0.477 e. The van der Waals surface area contributed by atoms with E-state index in [0.29, 0.717) is 38.0 Å². The molecule has 1 atom stereocenters. The van der Waals surface area contributed by atoms with Gasteiger partial charge in [-0.25, -0.2) is 14.2 Å². The first-order valence-corrected chi connectivity index (χ1v) is 11.5. The summed E-state index contributed by atoms with van der Waals surface area (Å²) in [6, 6.07) is 0.945. The van der Waals surface area contributed by atoms with E-state index in [1.54, 1.807) is 28.2 Å². The lowest BCUT2D eigenvalue weighted by molar-refractivity contribution is -0.121. The minimum absolute atomic E-state index is 0.0260. The summed E-state index contributed by atoms with van der Waals surface area (Å²) in [5.74, 6) is -2.14. The number of halogens is 2. The number of carboxylic acids is 1. The maximum Gasteiger partial charge on any atom is 0.341 e. The molecule has 0 bridgehead atoms. The molecule has 1 unspecified atom stereocenters. The number of carbonyl (C=O) groups excluding carboxylic acids is 1. The van der Waals surface area contributed by atoms with E-state index in [-0.39, 0.29) is 34.1 Å². The molecule has 2 fully saturated rings. The van der Waals surface area contributed by atoms with Gasteiger partial charge in [-0.3, -0.25) is 9.59 Å². The Balaban J connectivity index is 1.40. The standard InChI is InChI=1S/C23H23ClFN5O4/c24-19-20-15(22(32)16(23(33)34)11-30(20)14-1-2-14)9-17(25)21(19)29-7-3-13(10-29)27-18(31)4-6-28-8-5-26-12-28/h5,8-9,11-14H,1-4,6-7,10H2,(H,27,31)(H,33,34). The number of amides is 1. The summed E-state index contributed by atoms with van der Waals surface area (Å²) < 4.78 is 18.8. The molecule has 0 radical (unpaired) electrons. The van der Waals surface area contributed by atoms with Crippen molar-refractivity contribution in [2.24, 2.45) is 0 Å². The van der Waals surface area contributed by atoms with Crippen LogP contribution in [0.15, 0.2) is 35.8 Å².